The molecule has 1 aromatic heterocycles. The number of anilines is 1. The molecule has 90 valence electrons. The summed E-state index contributed by atoms with van der Waals surface area (Å²) < 4.78 is 7.37. The molecule has 0 radical (unpaired) electrons. The highest BCUT2D eigenvalue weighted by atomic mass is 16.5. The van der Waals surface area contributed by atoms with Crippen molar-refractivity contribution in [3.63, 3.8) is 0 Å². The molecule has 5 nitrogen and oxygen atoms in total. The molecule has 0 bridgehead atoms. The lowest BCUT2D eigenvalue weighted by atomic mass is 10.1. The Morgan fingerprint density at radius 3 is 2.88 bits per heavy atom. The third kappa shape index (κ3) is 2.96. The van der Waals surface area contributed by atoms with Crippen molar-refractivity contribution in [2.24, 2.45) is 0 Å². The molecule has 0 aliphatic rings. The first-order chi connectivity index (χ1) is 8.15. The second-order valence-electron chi connectivity index (χ2n) is 4.02. The molecule has 5 heteroatoms. The van der Waals surface area contributed by atoms with Crippen LogP contribution in [0.3, 0.4) is 0 Å². The summed E-state index contributed by atoms with van der Waals surface area (Å²) in [6, 6.07) is 6.16. The quantitative estimate of drug-likeness (QED) is 0.868. The number of nitrogens with zero attached hydrogens (tertiary/aromatic N) is 3. The number of hydrogen-bond acceptors (Lipinski definition) is 4. The van der Waals surface area contributed by atoms with E-state index in [2.05, 4.69) is 22.4 Å². The van der Waals surface area contributed by atoms with Gasteiger partial charge < -0.3 is 10.5 Å². The zero-order valence-electron chi connectivity index (χ0n) is 10.1. The van der Waals surface area contributed by atoms with Crippen LogP contribution in [0.15, 0.2) is 24.4 Å². The van der Waals surface area contributed by atoms with Crippen LogP contribution in [0.1, 0.15) is 11.1 Å². The number of benzene rings is 1. The third-order valence-electron chi connectivity index (χ3n) is 2.48. The van der Waals surface area contributed by atoms with Crippen LogP contribution in [-0.2, 0) is 6.54 Å². The van der Waals surface area contributed by atoms with E-state index in [4.69, 9.17) is 10.5 Å². The molecule has 0 aliphatic heterocycles. The molecule has 0 aliphatic carbocycles. The SMILES string of the molecule is Cc1ccc(C)c(OCCn2cc(N)nn2)c1. The minimum atomic E-state index is 0.428. The molecular formula is C12H16N4O. The fraction of sp³-hybridized carbons (Fsp3) is 0.333. The molecule has 17 heavy (non-hydrogen) atoms. The van der Waals surface area contributed by atoms with Gasteiger partial charge in [-0.15, -0.1) is 5.10 Å². The van der Waals surface area contributed by atoms with Gasteiger partial charge in [-0.05, 0) is 31.0 Å². The highest BCUT2D eigenvalue weighted by Gasteiger charge is 2.01. The Hall–Kier alpha value is -2.04. The van der Waals surface area contributed by atoms with Crippen molar-refractivity contribution < 1.29 is 4.74 Å². The highest BCUT2D eigenvalue weighted by molar-refractivity contribution is 5.35. The summed E-state index contributed by atoms with van der Waals surface area (Å²) in [6.45, 7) is 5.26. The van der Waals surface area contributed by atoms with Crippen molar-refractivity contribution in [3.05, 3.63) is 35.5 Å². The van der Waals surface area contributed by atoms with Gasteiger partial charge in [-0.2, -0.15) is 0 Å². The molecule has 1 heterocycles. The number of rotatable bonds is 4. The number of nitrogens with two attached hydrogens (primary N) is 1. The van der Waals surface area contributed by atoms with E-state index in [1.807, 2.05) is 19.9 Å². The molecule has 2 N–H and O–H groups in total. The molecule has 0 spiro atoms. The van der Waals surface area contributed by atoms with E-state index in [0.717, 1.165) is 11.3 Å². The maximum absolute atomic E-state index is 5.70. The van der Waals surface area contributed by atoms with Crippen LogP contribution >= 0.6 is 0 Å². The van der Waals surface area contributed by atoms with Gasteiger partial charge in [-0.25, -0.2) is 4.68 Å². The predicted molar refractivity (Wildman–Crippen MR) is 65.8 cm³/mol. The lowest BCUT2D eigenvalue weighted by Gasteiger charge is -2.09. The van der Waals surface area contributed by atoms with Crippen LogP contribution in [-0.4, -0.2) is 21.6 Å². The summed E-state index contributed by atoms with van der Waals surface area (Å²) in [4.78, 5) is 0. The van der Waals surface area contributed by atoms with Crippen molar-refractivity contribution in [1.29, 1.82) is 0 Å². The first-order valence-corrected chi connectivity index (χ1v) is 5.51. The average molecular weight is 232 g/mol. The zero-order valence-corrected chi connectivity index (χ0v) is 10.1. The monoisotopic (exact) mass is 232 g/mol. The summed E-state index contributed by atoms with van der Waals surface area (Å²) in [5.41, 5.74) is 7.79. The number of aromatic nitrogens is 3. The van der Waals surface area contributed by atoms with E-state index in [-0.39, 0.29) is 0 Å². The van der Waals surface area contributed by atoms with Gasteiger partial charge in [0, 0.05) is 0 Å². The van der Waals surface area contributed by atoms with E-state index in [9.17, 15) is 0 Å². The Balaban J connectivity index is 1.91. The van der Waals surface area contributed by atoms with Gasteiger partial charge in [0.1, 0.15) is 12.4 Å². The number of hydrogen-bond donors (Lipinski definition) is 1. The summed E-state index contributed by atoms with van der Waals surface area (Å²) in [6.07, 6.45) is 1.69. The van der Waals surface area contributed by atoms with Crippen LogP contribution in [0.4, 0.5) is 5.82 Å². The van der Waals surface area contributed by atoms with E-state index < -0.39 is 0 Å². The standard InChI is InChI=1S/C12H16N4O/c1-9-3-4-10(2)11(7-9)17-6-5-16-8-12(13)14-15-16/h3-4,7-8H,5-6,13H2,1-2H3. The van der Waals surface area contributed by atoms with E-state index in [1.165, 1.54) is 5.56 Å². The number of nitrogen functional groups attached to an aromatic ring is 1. The molecule has 0 atom stereocenters. The topological polar surface area (TPSA) is 66.0 Å². The number of ether oxygens (including phenoxy) is 1. The molecular weight excluding hydrogens is 216 g/mol. The second kappa shape index (κ2) is 4.86. The Morgan fingerprint density at radius 2 is 2.18 bits per heavy atom. The molecule has 0 saturated carbocycles. The lowest BCUT2D eigenvalue weighted by Crippen LogP contribution is -2.09. The Kier molecular flexibility index (Phi) is 3.27. The van der Waals surface area contributed by atoms with Crippen molar-refractivity contribution in [3.8, 4) is 5.75 Å². The van der Waals surface area contributed by atoms with Crippen LogP contribution < -0.4 is 10.5 Å². The maximum atomic E-state index is 5.70. The second-order valence-corrected chi connectivity index (χ2v) is 4.02. The van der Waals surface area contributed by atoms with Gasteiger partial charge in [-0.1, -0.05) is 17.3 Å². The van der Waals surface area contributed by atoms with Crippen molar-refractivity contribution in [2.75, 3.05) is 12.3 Å². The normalized spacial score (nSPS) is 10.5. The fourth-order valence-corrected chi connectivity index (χ4v) is 1.53. The van der Waals surface area contributed by atoms with E-state index in [0.29, 0.717) is 19.0 Å². The molecule has 0 fully saturated rings. The van der Waals surface area contributed by atoms with E-state index in [1.54, 1.807) is 10.9 Å². The Bertz CT molecular complexity index is 507. The Morgan fingerprint density at radius 1 is 1.35 bits per heavy atom. The minimum absolute atomic E-state index is 0.428. The summed E-state index contributed by atoms with van der Waals surface area (Å²) >= 11 is 0. The van der Waals surface area contributed by atoms with Crippen LogP contribution in [0.5, 0.6) is 5.75 Å². The molecule has 0 saturated heterocycles. The van der Waals surface area contributed by atoms with Gasteiger partial charge in [0.15, 0.2) is 5.82 Å². The first-order valence-electron chi connectivity index (χ1n) is 5.51. The van der Waals surface area contributed by atoms with Gasteiger partial charge in [0.05, 0.1) is 12.7 Å². The molecule has 0 amide bonds. The third-order valence-corrected chi connectivity index (χ3v) is 2.48. The highest BCUT2D eigenvalue weighted by Crippen LogP contribution is 2.18. The predicted octanol–water partition coefficient (Wildman–Crippen LogP) is 1.56. The molecule has 1 aromatic carbocycles. The van der Waals surface area contributed by atoms with Gasteiger partial charge in [-0.3, -0.25) is 0 Å². The fourth-order valence-electron chi connectivity index (χ4n) is 1.53. The first kappa shape index (κ1) is 11.4. The summed E-state index contributed by atoms with van der Waals surface area (Å²) in [5.74, 6) is 1.34. The minimum Gasteiger partial charge on any atom is -0.491 e. The smallest absolute Gasteiger partial charge is 0.165 e. The Labute approximate surface area is 100 Å². The van der Waals surface area contributed by atoms with Crippen LogP contribution in [0, 0.1) is 13.8 Å². The molecule has 2 rings (SSSR count). The van der Waals surface area contributed by atoms with E-state index >= 15 is 0 Å². The molecule has 2 aromatic rings. The van der Waals surface area contributed by atoms with Crippen LogP contribution in [0.2, 0.25) is 0 Å². The average Bonchev–Trinajstić information content (AvgIpc) is 2.69. The van der Waals surface area contributed by atoms with Gasteiger partial charge >= 0.3 is 0 Å². The summed E-state index contributed by atoms with van der Waals surface area (Å²) in [7, 11) is 0. The van der Waals surface area contributed by atoms with Crippen molar-refractivity contribution >= 4 is 5.82 Å². The largest absolute Gasteiger partial charge is 0.491 e. The van der Waals surface area contributed by atoms with Crippen molar-refractivity contribution in [2.45, 2.75) is 20.4 Å². The zero-order chi connectivity index (χ0) is 12.3. The lowest BCUT2D eigenvalue weighted by molar-refractivity contribution is 0.288. The molecule has 0 unspecified atom stereocenters. The van der Waals surface area contributed by atoms with Gasteiger partial charge in [0.25, 0.3) is 0 Å². The number of aryl methyl sites for hydroxylation is 2. The van der Waals surface area contributed by atoms with Crippen molar-refractivity contribution in [1.82, 2.24) is 15.0 Å². The van der Waals surface area contributed by atoms with Crippen LogP contribution in [0.25, 0.3) is 0 Å². The summed E-state index contributed by atoms with van der Waals surface area (Å²) in [5, 5.41) is 7.56. The maximum Gasteiger partial charge on any atom is 0.165 e. The van der Waals surface area contributed by atoms with Gasteiger partial charge in [0.2, 0.25) is 0 Å².